The van der Waals surface area contributed by atoms with Crippen molar-refractivity contribution in [2.75, 3.05) is 7.11 Å². The molecule has 0 fully saturated rings. The number of carbonyl (C=O) groups is 1. The Morgan fingerprint density at radius 1 is 1.07 bits per heavy atom. The number of hydrogen-bond donors (Lipinski definition) is 1. The van der Waals surface area contributed by atoms with Crippen molar-refractivity contribution in [2.24, 2.45) is 0 Å². The van der Waals surface area contributed by atoms with Gasteiger partial charge in [0, 0.05) is 22.6 Å². The number of nitrogens with zero attached hydrogens (tertiary/aromatic N) is 3. The molecule has 0 radical (unpaired) electrons. The second-order valence-electron chi connectivity index (χ2n) is 8.15. The van der Waals surface area contributed by atoms with E-state index >= 15 is 0 Å². The number of phenols is 1. The summed E-state index contributed by atoms with van der Waals surface area (Å²) in [5, 5.41) is 15.8. The van der Waals surface area contributed by atoms with Crippen LogP contribution in [0.25, 0.3) is 16.7 Å². The fourth-order valence-electron chi connectivity index (χ4n) is 3.41. The number of ether oxygens (including phenoxy) is 1. The van der Waals surface area contributed by atoms with Crippen molar-refractivity contribution >= 4 is 16.8 Å². The van der Waals surface area contributed by atoms with Crippen LogP contribution >= 0.6 is 0 Å². The summed E-state index contributed by atoms with van der Waals surface area (Å²) in [5.41, 5.74) is 2.72. The quantitative estimate of drug-likeness (QED) is 0.503. The summed E-state index contributed by atoms with van der Waals surface area (Å²) >= 11 is 0. The number of benzene rings is 2. The first kappa shape index (κ1) is 19.6. The van der Waals surface area contributed by atoms with E-state index in [1.165, 1.54) is 25.4 Å². The van der Waals surface area contributed by atoms with E-state index < -0.39 is 0 Å². The van der Waals surface area contributed by atoms with Gasteiger partial charge in [-0.05, 0) is 36.4 Å². The molecule has 6 heteroatoms. The number of pyridine rings is 1. The predicted molar refractivity (Wildman–Crippen MR) is 116 cm³/mol. The van der Waals surface area contributed by atoms with Crippen molar-refractivity contribution < 1.29 is 14.6 Å². The van der Waals surface area contributed by atoms with Gasteiger partial charge in [0.2, 0.25) is 0 Å². The molecule has 0 aliphatic carbocycles. The molecule has 0 bridgehead atoms. The number of phenolic OH excluding ortho intramolecular Hbond substituents is 1. The van der Waals surface area contributed by atoms with Crippen LogP contribution in [0.15, 0.2) is 60.8 Å². The Kier molecular flexibility index (Phi) is 4.78. The van der Waals surface area contributed by atoms with Crippen molar-refractivity contribution in [1.82, 2.24) is 14.8 Å². The van der Waals surface area contributed by atoms with Crippen LogP contribution in [0.4, 0.5) is 0 Å². The van der Waals surface area contributed by atoms with Crippen LogP contribution in [0, 0.1) is 0 Å². The molecule has 1 N–H and O–H groups in total. The van der Waals surface area contributed by atoms with Gasteiger partial charge < -0.3 is 9.84 Å². The van der Waals surface area contributed by atoms with Gasteiger partial charge in [-0.3, -0.25) is 4.79 Å². The minimum Gasteiger partial charge on any atom is -0.507 e. The maximum absolute atomic E-state index is 13.1. The number of para-hydroxylation sites is 1. The normalized spacial score (nSPS) is 11.6. The van der Waals surface area contributed by atoms with Crippen molar-refractivity contribution in [3.63, 3.8) is 0 Å². The smallest absolute Gasteiger partial charge is 0.198 e. The van der Waals surface area contributed by atoms with E-state index in [0.29, 0.717) is 17.0 Å². The molecule has 30 heavy (non-hydrogen) atoms. The molecule has 152 valence electrons. The number of aromatic nitrogens is 3. The zero-order chi connectivity index (χ0) is 21.5. The maximum Gasteiger partial charge on any atom is 0.198 e. The minimum absolute atomic E-state index is 0.100. The molecule has 0 aliphatic heterocycles. The molecule has 4 aromatic rings. The highest BCUT2D eigenvalue weighted by Gasteiger charge is 2.25. The van der Waals surface area contributed by atoms with Crippen LogP contribution < -0.4 is 4.74 Å². The third-order valence-corrected chi connectivity index (χ3v) is 4.94. The van der Waals surface area contributed by atoms with E-state index in [-0.39, 0.29) is 22.5 Å². The maximum atomic E-state index is 13.1. The first-order valence-corrected chi connectivity index (χ1v) is 9.66. The van der Waals surface area contributed by atoms with Gasteiger partial charge in [-0.2, -0.15) is 5.10 Å². The van der Waals surface area contributed by atoms with E-state index in [1.807, 2.05) is 30.3 Å². The average Bonchev–Trinajstić information content (AvgIpc) is 3.13. The molecule has 0 saturated carbocycles. The number of rotatable bonds is 4. The lowest BCUT2D eigenvalue weighted by atomic mass is 9.90. The molecule has 0 saturated heterocycles. The van der Waals surface area contributed by atoms with Crippen LogP contribution in [0.3, 0.4) is 0 Å². The number of aromatic hydroxyl groups is 1. The Balaban J connectivity index is 1.90. The monoisotopic (exact) mass is 401 g/mol. The number of carbonyl (C=O) groups excluding carboxylic acids is 1. The second-order valence-corrected chi connectivity index (χ2v) is 8.15. The van der Waals surface area contributed by atoms with Crippen molar-refractivity contribution in [3.05, 3.63) is 77.6 Å². The van der Waals surface area contributed by atoms with Crippen LogP contribution in [-0.4, -0.2) is 32.8 Å². The van der Waals surface area contributed by atoms with Gasteiger partial charge in [0.25, 0.3) is 0 Å². The predicted octanol–water partition coefficient (Wildman–Crippen LogP) is 4.66. The number of methoxy groups -OCH3 is 1. The molecule has 4 rings (SSSR count). The Morgan fingerprint density at radius 2 is 1.80 bits per heavy atom. The first-order valence-electron chi connectivity index (χ1n) is 9.66. The van der Waals surface area contributed by atoms with E-state index in [1.54, 1.807) is 16.8 Å². The van der Waals surface area contributed by atoms with Gasteiger partial charge in [-0.25, -0.2) is 9.67 Å². The summed E-state index contributed by atoms with van der Waals surface area (Å²) in [6, 6.07) is 16.2. The summed E-state index contributed by atoms with van der Waals surface area (Å²) in [7, 11) is 1.52. The molecule has 2 aromatic carbocycles. The molecule has 2 heterocycles. The van der Waals surface area contributed by atoms with E-state index in [0.717, 1.165) is 16.8 Å². The highest BCUT2D eigenvalue weighted by molar-refractivity contribution is 6.12. The summed E-state index contributed by atoms with van der Waals surface area (Å²) < 4.78 is 6.99. The molecule has 0 atom stereocenters. The molecule has 6 nitrogen and oxygen atoms in total. The number of fused-ring (bicyclic) bond motifs is 1. The summed E-state index contributed by atoms with van der Waals surface area (Å²) in [4.78, 5) is 17.7. The first-order chi connectivity index (χ1) is 14.3. The summed E-state index contributed by atoms with van der Waals surface area (Å²) in [6.45, 7) is 6.23. The number of ketones is 1. The number of hydrogen-bond acceptors (Lipinski definition) is 5. The fourth-order valence-corrected chi connectivity index (χ4v) is 3.41. The van der Waals surface area contributed by atoms with E-state index in [2.05, 4.69) is 25.8 Å². The van der Waals surface area contributed by atoms with Gasteiger partial charge in [0.1, 0.15) is 11.5 Å². The zero-order valence-corrected chi connectivity index (χ0v) is 17.4. The Bertz CT molecular complexity index is 1240. The molecule has 0 spiro atoms. The van der Waals surface area contributed by atoms with Gasteiger partial charge in [0.15, 0.2) is 11.4 Å². The molecule has 0 aliphatic rings. The van der Waals surface area contributed by atoms with Gasteiger partial charge >= 0.3 is 0 Å². The largest absolute Gasteiger partial charge is 0.507 e. The Morgan fingerprint density at radius 3 is 2.47 bits per heavy atom. The molecular weight excluding hydrogens is 378 g/mol. The minimum atomic E-state index is -0.326. The fraction of sp³-hybridized carbons (Fsp3) is 0.208. The highest BCUT2D eigenvalue weighted by Crippen LogP contribution is 2.32. The topological polar surface area (TPSA) is 77.2 Å². The van der Waals surface area contributed by atoms with Gasteiger partial charge in [-0.1, -0.05) is 39.0 Å². The van der Waals surface area contributed by atoms with Crippen molar-refractivity contribution in [2.45, 2.75) is 26.2 Å². The van der Waals surface area contributed by atoms with Crippen LogP contribution in [0.2, 0.25) is 0 Å². The lowest BCUT2D eigenvalue weighted by molar-refractivity contribution is 0.103. The lowest BCUT2D eigenvalue weighted by Gasteiger charge is -2.15. The molecule has 0 unspecified atom stereocenters. The summed E-state index contributed by atoms with van der Waals surface area (Å²) in [6.07, 6.45) is 1.52. The van der Waals surface area contributed by atoms with Gasteiger partial charge in [0.05, 0.1) is 24.1 Å². The molecular formula is C24H23N3O3. The van der Waals surface area contributed by atoms with Crippen LogP contribution in [-0.2, 0) is 5.41 Å². The standard InChI is InChI=1S/C24H23N3O3/c1-24(2,3)22-19-12-15(21(29)18-13-17(30-4)10-11-20(18)28)14-25-23(19)27(26-22)16-8-6-5-7-9-16/h5-14,28H,1-4H3. The lowest BCUT2D eigenvalue weighted by Crippen LogP contribution is -2.13. The zero-order valence-electron chi connectivity index (χ0n) is 17.4. The third kappa shape index (κ3) is 3.41. The molecule has 2 aromatic heterocycles. The average molecular weight is 401 g/mol. The SMILES string of the molecule is COc1ccc(O)c(C(=O)c2cnc3c(c2)c(C(C)(C)C)nn3-c2ccccc2)c1. The van der Waals surface area contributed by atoms with E-state index in [9.17, 15) is 9.90 Å². The van der Waals surface area contributed by atoms with Crippen LogP contribution in [0.1, 0.15) is 42.4 Å². The van der Waals surface area contributed by atoms with Gasteiger partial charge in [-0.15, -0.1) is 0 Å². The molecule has 0 amide bonds. The highest BCUT2D eigenvalue weighted by atomic mass is 16.5. The van der Waals surface area contributed by atoms with Crippen molar-refractivity contribution in [1.29, 1.82) is 0 Å². The third-order valence-electron chi connectivity index (χ3n) is 4.94. The Labute approximate surface area is 174 Å². The summed E-state index contributed by atoms with van der Waals surface area (Å²) in [5.74, 6) is 0.0718. The van der Waals surface area contributed by atoms with Crippen molar-refractivity contribution in [3.8, 4) is 17.2 Å². The van der Waals surface area contributed by atoms with E-state index in [4.69, 9.17) is 9.84 Å². The second kappa shape index (κ2) is 7.30. The van der Waals surface area contributed by atoms with Crippen LogP contribution in [0.5, 0.6) is 11.5 Å². The Hall–Kier alpha value is -3.67.